The van der Waals surface area contributed by atoms with Crippen molar-refractivity contribution in [3.63, 3.8) is 0 Å². The minimum atomic E-state index is 0.0154. The molecule has 4 rings (SSSR count). The first-order valence-electron chi connectivity index (χ1n) is 8.29. The fourth-order valence-electron chi connectivity index (χ4n) is 3.00. The predicted octanol–water partition coefficient (Wildman–Crippen LogP) is 3.97. The Morgan fingerprint density at radius 1 is 1.12 bits per heavy atom. The molecule has 1 atom stereocenters. The molecule has 0 radical (unpaired) electrons. The molecular formula is C20H18N2O2S. The number of ether oxygens (including phenoxy) is 1. The second-order valence-corrected chi connectivity index (χ2v) is 6.92. The van der Waals surface area contributed by atoms with E-state index in [-0.39, 0.29) is 11.9 Å². The van der Waals surface area contributed by atoms with E-state index in [1.807, 2.05) is 60.7 Å². The van der Waals surface area contributed by atoms with Crippen LogP contribution in [-0.4, -0.2) is 23.3 Å². The number of aromatic nitrogens is 1. The van der Waals surface area contributed by atoms with Crippen LogP contribution in [0, 0.1) is 0 Å². The Bertz CT molecular complexity index is 913. The number of hydrogen-bond donors (Lipinski definition) is 1. The number of para-hydroxylation sites is 2. The van der Waals surface area contributed by atoms with E-state index in [0.29, 0.717) is 12.4 Å². The summed E-state index contributed by atoms with van der Waals surface area (Å²) in [5.41, 5.74) is 2.00. The van der Waals surface area contributed by atoms with Crippen molar-refractivity contribution in [2.45, 2.75) is 17.5 Å². The number of thioether (sulfide) groups is 1. The minimum Gasteiger partial charge on any atom is -0.493 e. The summed E-state index contributed by atoms with van der Waals surface area (Å²) >= 11 is 1.46. The van der Waals surface area contributed by atoms with Crippen molar-refractivity contribution in [1.82, 2.24) is 10.3 Å². The van der Waals surface area contributed by atoms with Gasteiger partial charge in [0.05, 0.1) is 28.9 Å². The van der Waals surface area contributed by atoms with Crippen LogP contribution < -0.4 is 10.1 Å². The highest BCUT2D eigenvalue weighted by Gasteiger charge is 2.22. The summed E-state index contributed by atoms with van der Waals surface area (Å²) in [5.74, 6) is 1.23. The van der Waals surface area contributed by atoms with Gasteiger partial charge in [0.15, 0.2) is 0 Å². The van der Waals surface area contributed by atoms with Crippen LogP contribution in [0.5, 0.6) is 5.75 Å². The Labute approximate surface area is 150 Å². The first-order chi connectivity index (χ1) is 12.3. The molecule has 0 saturated carbocycles. The molecule has 1 aliphatic heterocycles. The molecule has 25 heavy (non-hydrogen) atoms. The number of hydrogen-bond acceptors (Lipinski definition) is 4. The average Bonchev–Trinajstić information content (AvgIpc) is 2.66. The minimum absolute atomic E-state index is 0.0154. The lowest BCUT2D eigenvalue weighted by Gasteiger charge is -2.26. The highest BCUT2D eigenvalue weighted by Crippen LogP contribution is 2.31. The fraction of sp³-hybridized carbons (Fsp3) is 0.200. The second kappa shape index (κ2) is 7.15. The van der Waals surface area contributed by atoms with Gasteiger partial charge in [-0.05, 0) is 18.2 Å². The van der Waals surface area contributed by atoms with E-state index >= 15 is 0 Å². The molecular weight excluding hydrogens is 332 g/mol. The smallest absolute Gasteiger partial charge is 0.230 e. The standard InChI is InChI=1S/C20H18N2O2S/c23-19(21-17-11-12-24-18-8-4-2-6-15(17)18)13-25-20-10-9-14-5-1-3-7-16(14)22-20/h1-10,17H,11-13H2,(H,21,23). The Morgan fingerprint density at radius 2 is 1.96 bits per heavy atom. The van der Waals surface area contributed by atoms with Crippen molar-refractivity contribution >= 4 is 28.6 Å². The molecule has 1 aliphatic rings. The van der Waals surface area contributed by atoms with E-state index in [2.05, 4.69) is 10.3 Å². The normalized spacial score (nSPS) is 16.1. The molecule has 1 aromatic heterocycles. The zero-order valence-corrected chi connectivity index (χ0v) is 14.5. The number of carbonyl (C=O) groups is 1. The summed E-state index contributed by atoms with van der Waals surface area (Å²) in [4.78, 5) is 17.0. The summed E-state index contributed by atoms with van der Waals surface area (Å²) in [6, 6.07) is 19.9. The largest absolute Gasteiger partial charge is 0.493 e. The third-order valence-corrected chi connectivity index (χ3v) is 5.15. The SMILES string of the molecule is O=C(CSc1ccc2ccccc2n1)NC1CCOc2ccccc21. The Kier molecular flexibility index (Phi) is 4.57. The van der Waals surface area contributed by atoms with Crippen LogP contribution in [0.3, 0.4) is 0 Å². The maximum atomic E-state index is 12.4. The topological polar surface area (TPSA) is 51.2 Å². The number of nitrogens with zero attached hydrogens (tertiary/aromatic N) is 1. The molecule has 126 valence electrons. The van der Waals surface area contributed by atoms with Crippen molar-refractivity contribution in [2.24, 2.45) is 0 Å². The van der Waals surface area contributed by atoms with Gasteiger partial charge >= 0.3 is 0 Å². The van der Waals surface area contributed by atoms with Crippen LogP contribution in [0.25, 0.3) is 10.9 Å². The lowest BCUT2D eigenvalue weighted by Crippen LogP contribution is -2.33. The van der Waals surface area contributed by atoms with Gasteiger partial charge in [-0.2, -0.15) is 0 Å². The van der Waals surface area contributed by atoms with Gasteiger partial charge in [0.1, 0.15) is 5.75 Å². The van der Waals surface area contributed by atoms with E-state index in [4.69, 9.17) is 4.74 Å². The van der Waals surface area contributed by atoms with Crippen LogP contribution in [0.2, 0.25) is 0 Å². The molecule has 2 heterocycles. The highest BCUT2D eigenvalue weighted by molar-refractivity contribution is 7.99. The van der Waals surface area contributed by atoms with E-state index in [9.17, 15) is 4.79 Å². The third-order valence-electron chi connectivity index (χ3n) is 4.22. The summed E-state index contributed by atoms with van der Waals surface area (Å²) in [7, 11) is 0. The van der Waals surface area contributed by atoms with Gasteiger partial charge in [0, 0.05) is 17.4 Å². The van der Waals surface area contributed by atoms with Gasteiger partial charge < -0.3 is 10.1 Å². The highest BCUT2D eigenvalue weighted by atomic mass is 32.2. The molecule has 0 saturated heterocycles. The van der Waals surface area contributed by atoms with Gasteiger partial charge in [-0.15, -0.1) is 0 Å². The van der Waals surface area contributed by atoms with Crippen LogP contribution in [0.15, 0.2) is 65.7 Å². The molecule has 1 amide bonds. The number of amides is 1. The van der Waals surface area contributed by atoms with E-state index < -0.39 is 0 Å². The van der Waals surface area contributed by atoms with Gasteiger partial charge in [-0.3, -0.25) is 4.79 Å². The van der Waals surface area contributed by atoms with E-state index in [0.717, 1.165) is 33.7 Å². The molecule has 4 nitrogen and oxygen atoms in total. The first kappa shape index (κ1) is 16.0. The quantitative estimate of drug-likeness (QED) is 0.724. The summed E-state index contributed by atoms with van der Waals surface area (Å²) in [6.45, 7) is 0.626. The van der Waals surface area contributed by atoms with E-state index in [1.54, 1.807) is 0 Å². The van der Waals surface area contributed by atoms with Crippen molar-refractivity contribution in [3.8, 4) is 5.75 Å². The van der Waals surface area contributed by atoms with Crippen LogP contribution >= 0.6 is 11.8 Å². The molecule has 1 N–H and O–H groups in total. The molecule has 0 bridgehead atoms. The molecule has 0 aliphatic carbocycles. The number of benzene rings is 2. The Morgan fingerprint density at radius 3 is 2.92 bits per heavy atom. The maximum absolute atomic E-state index is 12.4. The summed E-state index contributed by atoms with van der Waals surface area (Å²) < 4.78 is 5.64. The monoisotopic (exact) mass is 350 g/mol. The van der Waals surface area contributed by atoms with Crippen LogP contribution in [0.1, 0.15) is 18.0 Å². The molecule has 3 aromatic rings. The zero-order chi connectivity index (χ0) is 17.1. The average molecular weight is 350 g/mol. The van der Waals surface area contributed by atoms with Gasteiger partial charge in [0.25, 0.3) is 0 Å². The number of fused-ring (bicyclic) bond motifs is 2. The summed E-state index contributed by atoms with van der Waals surface area (Å²) in [6.07, 6.45) is 0.793. The number of carbonyl (C=O) groups excluding carboxylic acids is 1. The van der Waals surface area contributed by atoms with Crippen molar-refractivity contribution in [1.29, 1.82) is 0 Å². The van der Waals surface area contributed by atoms with Gasteiger partial charge in [0.2, 0.25) is 5.91 Å². The zero-order valence-electron chi connectivity index (χ0n) is 13.6. The third kappa shape index (κ3) is 3.61. The van der Waals surface area contributed by atoms with E-state index in [1.165, 1.54) is 11.8 Å². The number of pyridine rings is 1. The molecule has 5 heteroatoms. The predicted molar refractivity (Wildman–Crippen MR) is 99.9 cm³/mol. The second-order valence-electron chi connectivity index (χ2n) is 5.93. The number of rotatable bonds is 4. The van der Waals surface area contributed by atoms with Gasteiger partial charge in [-0.25, -0.2) is 4.98 Å². The number of nitrogens with one attached hydrogen (secondary N) is 1. The van der Waals surface area contributed by atoms with Crippen LogP contribution in [-0.2, 0) is 4.79 Å². The van der Waals surface area contributed by atoms with Crippen LogP contribution in [0.4, 0.5) is 0 Å². The van der Waals surface area contributed by atoms with Crippen molar-refractivity contribution in [2.75, 3.05) is 12.4 Å². The summed E-state index contributed by atoms with van der Waals surface area (Å²) in [5, 5.41) is 5.08. The molecule has 0 fully saturated rings. The molecule has 1 unspecified atom stereocenters. The lowest BCUT2D eigenvalue weighted by molar-refractivity contribution is -0.119. The fourth-order valence-corrected chi connectivity index (χ4v) is 3.68. The Balaban J connectivity index is 1.39. The van der Waals surface area contributed by atoms with Crippen molar-refractivity contribution in [3.05, 3.63) is 66.2 Å². The lowest BCUT2D eigenvalue weighted by atomic mass is 10.0. The van der Waals surface area contributed by atoms with Crippen molar-refractivity contribution < 1.29 is 9.53 Å². The Hall–Kier alpha value is -2.53. The molecule has 0 spiro atoms. The maximum Gasteiger partial charge on any atom is 0.230 e. The first-order valence-corrected chi connectivity index (χ1v) is 9.28. The van der Waals surface area contributed by atoms with Gasteiger partial charge in [-0.1, -0.05) is 54.2 Å². The molecule has 2 aromatic carbocycles.